The summed E-state index contributed by atoms with van der Waals surface area (Å²) in [5, 5.41) is 19.6. The number of nitrogens with zero attached hydrogens (tertiary/aromatic N) is 7. The van der Waals surface area contributed by atoms with Crippen molar-refractivity contribution in [3.8, 4) is 5.69 Å². The topological polar surface area (TPSA) is 74.3 Å². The molecule has 0 saturated carbocycles. The van der Waals surface area contributed by atoms with Gasteiger partial charge in [0.1, 0.15) is 0 Å². The Labute approximate surface area is 151 Å². The van der Waals surface area contributed by atoms with Crippen LogP contribution in [0.15, 0.2) is 24.3 Å². The lowest BCUT2D eigenvalue weighted by molar-refractivity contribution is -0.137. The van der Waals surface area contributed by atoms with Crippen molar-refractivity contribution in [1.82, 2.24) is 35.2 Å². The highest BCUT2D eigenvalue weighted by Crippen LogP contribution is 2.29. The molecule has 0 aliphatic carbocycles. The molecule has 0 amide bonds. The van der Waals surface area contributed by atoms with E-state index in [1.807, 2.05) is 18.5 Å². The average Bonchev–Trinajstić information content (AvgIpc) is 3.21. The molecule has 0 aliphatic rings. The lowest BCUT2D eigenvalue weighted by atomic mass is 10.2. The number of alkyl halides is 3. The van der Waals surface area contributed by atoms with Crippen LogP contribution in [0.4, 0.5) is 13.2 Å². The SMILES string of the molecule is CCn1nnc(C)c1CSCc1nnnn1-c1ccc(C(F)(F)F)cc1. The van der Waals surface area contributed by atoms with E-state index in [0.717, 1.165) is 30.1 Å². The van der Waals surface area contributed by atoms with Gasteiger partial charge in [-0.05, 0) is 48.5 Å². The van der Waals surface area contributed by atoms with Gasteiger partial charge in [0.2, 0.25) is 0 Å². The Morgan fingerprint density at radius 2 is 1.77 bits per heavy atom. The largest absolute Gasteiger partial charge is 0.416 e. The summed E-state index contributed by atoms with van der Waals surface area (Å²) in [6.07, 6.45) is -4.37. The van der Waals surface area contributed by atoms with E-state index in [1.54, 1.807) is 11.8 Å². The molecule has 7 nitrogen and oxygen atoms in total. The summed E-state index contributed by atoms with van der Waals surface area (Å²) < 4.78 is 41.3. The molecule has 0 fully saturated rings. The van der Waals surface area contributed by atoms with Crippen LogP contribution >= 0.6 is 11.8 Å². The number of hydrogen-bond acceptors (Lipinski definition) is 6. The molecule has 138 valence electrons. The fourth-order valence-corrected chi connectivity index (χ4v) is 3.40. The second-order valence-corrected chi connectivity index (χ2v) is 6.47. The smallest absolute Gasteiger partial charge is 0.249 e. The number of thioether (sulfide) groups is 1. The number of aromatic nitrogens is 7. The fraction of sp³-hybridized carbons (Fsp3) is 0.400. The Bertz CT molecular complexity index is 870. The van der Waals surface area contributed by atoms with Gasteiger partial charge >= 0.3 is 6.18 Å². The Morgan fingerprint density at radius 1 is 1.04 bits per heavy atom. The molecule has 11 heteroatoms. The molecule has 2 aromatic heterocycles. The number of hydrogen-bond donors (Lipinski definition) is 0. The van der Waals surface area contributed by atoms with Gasteiger partial charge in [-0.15, -0.1) is 22.0 Å². The van der Waals surface area contributed by atoms with Crippen molar-refractivity contribution in [1.29, 1.82) is 0 Å². The molecule has 26 heavy (non-hydrogen) atoms. The molecule has 0 aliphatic heterocycles. The number of halogens is 3. The van der Waals surface area contributed by atoms with Crippen LogP contribution in [0.2, 0.25) is 0 Å². The van der Waals surface area contributed by atoms with E-state index in [2.05, 4.69) is 25.8 Å². The number of tetrazole rings is 1. The van der Waals surface area contributed by atoms with Gasteiger partial charge in [-0.1, -0.05) is 5.21 Å². The third-order valence-corrected chi connectivity index (χ3v) is 4.71. The van der Waals surface area contributed by atoms with E-state index in [9.17, 15) is 13.2 Å². The van der Waals surface area contributed by atoms with Crippen LogP contribution in [0.3, 0.4) is 0 Å². The summed E-state index contributed by atoms with van der Waals surface area (Å²) in [6.45, 7) is 4.63. The molecule has 0 radical (unpaired) electrons. The minimum atomic E-state index is -4.37. The fourth-order valence-electron chi connectivity index (χ4n) is 2.38. The van der Waals surface area contributed by atoms with Crippen LogP contribution in [0, 0.1) is 6.92 Å². The van der Waals surface area contributed by atoms with Gasteiger partial charge in [-0.3, -0.25) is 0 Å². The molecule has 0 spiro atoms. The maximum absolute atomic E-state index is 12.7. The predicted octanol–water partition coefficient (Wildman–Crippen LogP) is 3.03. The van der Waals surface area contributed by atoms with Crippen molar-refractivity contribution in [3.05, 3.63) is 47.0 Å². The maximum Gasteiger partial charge on any atom is 0.416 e. The predicted molar refractivity (Wildman–Crippen MR) is 89.6 cm³/mol. The van der Waals surface area contributed by atoms with E-state index in [4.69, 9.17) is 0 Å². The van der Waals surface area contributed by atoms with Crippen molar-refractivity contribution in [2.24, 2.45) is 0 Å². The second kappa shape index (κ2) is 7.44. The highest BCUT2D eigenvalue weighted by atomic mass is 32.2. The van der Waals surface area contributed by atoms with Gasteiger partial charge in [-0.25, -0.2) is 4.68 Å². The first kappa shape index (κ1) is 18.4. The number of rotatable bonds is 6. The molecule has 2 heterocycles. The lowest BCUT2D eigenvalue weighted by Crippen LogP contribution is -2.07. The zero-order chi connectivity index (χ0) is 18.7. The standard InChI is InChI=1S/C15H16F3N7S/c1-3-24-13(10(2)19-22-24)8-26-9-14-20-21-23-25(14)12-6-4-11(5-7-12)15(16,17)18/h4-7H,3,8-9H2,1-2H3. The van der Waals surface area contributed by atoms with Gasteiger partial charge < -0.3 is 0 Å². The first-order valence-corrected chi connectivity index (χ1v) is 8.97. The van der Waals surface area contributed by atoms with E-state index in [1.165, 1.54) is 16.8 Å². The van der Waals surface area contributed by atoms with E-state index in [-0.39, 0.29) is 0 Å². The van der Waals surface area contributed by atoms with Gasteiger partial charge in [0.25, 0.3) is 0 Å². The molecule has 0 unspecified atom stereocenters. The summed E-state index contributed by atoms with van der Waals surface area (Å²) in [6, 6.07) is 4.74. The summed E-state index contributed by atoms with van der Waals surface area (Å²) in [5.41, 5.74) is 1.68. The van der Waals surface area contributed by atoms with E-state index >= 15 is 0 Å². The molecular weight excluding hydrogens is 367 g/mol. The van der Waals surface area contributed by atoms with Gasteiger partial charge in [-0.2, -0.15) is 17.9 Å². The zero-order valence-corrected chi connectivity index (χ0v) is 14.9. The Balaban J connectivity index is 1.70. The molecule has 0 bridgehead atoms. The van der Waals surface area contributed by atoms with Crippen LogP contribution in [0.25, 0.3) is 5.69 Å². The van der Waals surface area contributed by atoms with Crippen LogP contribution < -0.4 is 0 Å². The van der Waals surface area contributed by atoms with Crippen molar-refractivity contribution in [2.45, 2.75) is 38.1 Å². The van der Waals surface area contributed by atoms with Crippen LogP contribution in [0.5, 0.6) is 0 Å². The molecule has 0 atom stereocenters. The first-order valence-electron chi connectivity index (χ1n) is 7.81. The quantitative estimate of drug-likeness (QED) is 0.651. The van der Waals surface area contributed by atoms with Crippen LogP contribution in [0.1, 0.15) is 29.7 Å². The Morgan fingerprint density at radius 3 is 2.42 bits per heavy atom. The molecule has 1 aromatic carbocycles. The molecule has 3 aromatic rings. The van der Waals surface area contributed by atoms with E-state index in [0.29, 0.717) is 23.0 Å². The normalized spacial score (nSPS) is 11.9. The third-order valence-electron chi connectivity index (χ3n) is 3.77. The Kier molecular flexibility index (Phi) is 5.25. The highest BCUT2D eigenvalue weighted by Gasteiger charge is 2.30. The molecule has 3 rings (SSSR count). The van der Waals surface area contributed by atoms with Crippen LogP contribution in [-0.4, -0.2) is 35.2 Å². The zero-order valence-electron chi connectivity index (χ0n) is 14.1. The third kappa shape index (κ3) is 3.87. The number of benzene rings is 1. The summed E-state index contributed by atoms with van der Waals surface area (Å²) >= 11 is 1.58. The summed E-state index contributed by atoms with van der Waals surface area (Å²) in [5.74, 6) is 1.75. The monoisotopic (exact) mass is 383 g/mol. The molecule has 0 N–H and O–H groups in total. The van der Waals surface area contributed by atoms with Crippen molar-refractivity contribution >= 4 is 11.8 Å². The average molecular weight is 383 g/mol. The van der Waals surface area contributed by atoms with Crippen molar-refractivity contribution in [2.75, 3.05) is 0 Å². The highest BCUT2D eigenvalue weighted by molar-refractivity contribution is 7.97. The van der Waals surface area contributed by atoms with Gasteiger partial charge in [0.15, 0.2) is 5.82 Å². The maximum atomic E-state index is 12.7. The van der Waals surface area contributed by atoms with Gasteiger partial charge in [0.05, 0.1) is 28.4 Å². The van der Waals surface area contributed by atoms with Gasteiger partial charge in [0, 0.05) is 12.3 Å². The molecular formula is C15H16F3N7S. The first-order chi connectivity index (χ1) is 12.4. The molecule has 0 saturated heterocycles. The minimum absolute atomic E-state index is 0.482. The lowest BCUT2D eigenvalue weighted by Gasteiger charge is -2.08. The Hall–Kier alpha value is -2.43. The summed E-state index contributed by atoms with van der Waals surface area (Å²) in [4.78, 5) is 0. The van der Waals surface area contributed by atoms with Crippen molar-refractivity contribution in [3.63, 3.8) is 0 Å². The minimum Gasteiger partial charge on any atom is -0.249 e. The van der Waals surface area contributed by atoms with Crippen LogP contribution in [-0.2, 0) is 24.2 Å². The summed E-state index contributed by atoms with van der Waals surface area (Å²) in [7, 11) is 0. The second-order valence-electron chi connectivity index (χ2n) is 5.48. The van der Waals surface area contributed by atoms with E-state index < -0.39 is 11.7 Å². The van der Waals surface area contributed by atoms with Crippen molar-refractivity contribution < 1.29 is 13.2 Å². The number of aryl methyl sites for hydroxylation is 2.